The van der Waals surface area contributed by atoms with E-state index >= 15 is 0 Å². The van der Waals surface area contributed by atoms with Gasteiger partial charge in [-0.2, -0.15) is 0 Å². The van der Waals surface area contributed by atoms with E-state index in [1.165, 1.54) is 11.8 Å². The van der Waals surface area contributed by atoms with Crippen LogP contribution in [0.2, 0.25) is 0 Å². The average Bonchev–Trinajstić information content (AvgIpc) is 2.58. The molecule has 1 atom stereocenters. The van der Waals surface area contributed by atoms with Crippen LogP contribution in [-0.2, 0) is 4.79 Å². The number of anilines is 1. The first-order valence-electron chi connectivity index (χ1n) is 7.98. The number of aryl methyl sites for hydroxylation is 2. The minimum absolute atomic E-state index is 0.00714. The molecule has 0 aromatic heterocycles. The maximum Gasteiger partial charge on any atom is 0.237 e. The van der Waals surface area contributed by atoms with E-state index < -0.39 is 0 Å². The van der Waals surface area contributed by atoms with Gasteiger partial charge < -0.3 is 14.8 Å². The summed E-state index contributed by atoms with van der Waals surface area (Å²) in [6.45, 7) is 7.05. The Hall–Kier alpha value is -2.14. The van der Waals surface area contributed by atoms with E-state index in [1.54, 1.807) is 0 Å². The van der Waals surface area contributed by atoms with Crippen LogP contribution in [0.3, 0.4) is 0 Å². The molecule has 1 heterocycles. The van der Waals surface area contributed by atoms with Gasteiger partial charge in [0.2, 0.25) is 5.91 Å². The van der Waals surface area contributed by atoms with Crippen molar-refractivity contribution in [2.24, 2.45) is 0 Å². The zero-order chi connectivity index (χ0) is 17.1. The molecule has 0 saturated heterocycles. The standard InChI is InChI=1S/C19H21NO3S/c1-12-5-4-6-13(2)18(12)20-19(21)14(3)24-15-7-8-16-17(11-15)23-10-9-22-16/h4-8,11,14H,9-10H2,1-3H3,(H,20,21). The molecule has 2 aromatic carbocycles. The highest BCUT2D eigenvalue weighted by Crippen LogP contribution is 2.35. The van der Waals surface area contributed by atoms with Gasteiger partial charge in [-0.3, -0.25) is 4.79 Å². The average molecular weight is 343 g/mol. The van der Waals surface area contributed by atoms with E-state index in [9.17, 15) is 4.79 Å². The topological polar surface area (TPSA) is 47.6 Å². The predicted molar refractivity (Wildman–Crippen MR) is 97.3 cm³/mol. The first kappa shape index (κ1) is 16.7. The summed E-state index contributed by atoms with van der Waals surface area (Å²) in [6.07, 6.45) is 0. The molecule has 5 heteroatoms. The van der Waals surface area contributed by atoms with Gasteiger partial charge in [-0.25, -0.2) is 0 Å². The maximum atomic E-state index is 12.5. The Balaban J connectivity index is 1.68. The van der Waals surface area contributed by atoms with Crippen LogP contribution >= 0.6 is 11.8 Å². The number of para-hydroxylation sites is 1. The third-order valence-electron chi connectivity index (χ3n) is 3.93. The van der Waals surface area contributed by atoms with E-state index in [2.05, 4.69) is 5.32 Å². The molecule has 1 N–H and O–H groups in total. The van der Waals surface area contributed by atoms with Crippen molar-refractivity contribution in [2.45, 2.75) is 30.9 Å². The number of thioether (sulfide) groups is 1. The van der Waals surface area contributed by atoms with Crippen LogP contribution in [0.15, 0.2) is 41.3 Å². The van der Waals surface area contributed by atoms with E-state index in [1.807, 2.05) is 57.2 Å². The molecule has 0 saturated carbocycles. The molecule has 1 amide bonds. The zero-order valence-electron chi connectivity index (χ0n) is 14.1. The van der Waals surface area contributed by atoms with Gasteiger partial charge in [0.05, 0.1) is 5.25 Å². The molecule has 0 radical (unpaired) electrons. The largest absolute Gasteiger partial charge is 0.486 e. The SMILES string of the molecule is Cc1cccc(C)c1NC(=O)C(C)Sc1ccc2c(c1)OCCO2. The Morgan fingerprint density at radius 2 is 1.75 bits per heavy atom. The number of carbonyl (C=O) groups excluding carboxylic acids is 1. The van der Waals surface area contributed by atoms with E-state index in [-0.39, 0.29) is 11.2 Å². The maximum absolute atomic E-state index is 12.5. The zero-order valence-corrected chi connectivity index (χ0v) is 14.9. The first-order valence-corrected chi connectivity index (χ1v) is 8.86. The smallest absolute Gasteiger partial charge is 0.237 e. The van der Waals surface area contributed by atoms with E-state index in [0.717, 1.165) is 33.2 Å². The highest BCUT2D eigenvalue weighted by molar-refractivity contribution is 8.00. The molecular weight excluding hydrogens is 322 g/mol. The number of nitrogens with one attached hydrogen (secondary N) is 1. The normalized spacial score (nSPS) is 14.1. The van der Waals surface area contributed by atoms with Gasteiger partial charge in [-0.05, 0) is 50.1 Å². The van der Waals surface area contributed by atoms with Crippen molar-refractivity contribution in [2.75, 3.05) is 18.5 Å². The first-order chi connectivity index (χ1) is 11.5. The lowest BCUT2D eigenvalue weighted by atomic mass is 10.1. The predicted octanol–water partition coefficient (Wildman–Crippen LogP) is 4.19. The molecule has 2 aromatic rings. The Morgan fingerprint density at radius 3 is 2.46 bits per heavy atom. The summed E-state index contributed by atoms with van der Waals surface area (Å²) in [4.78, 5) is 13.5. The number of fused-ring (bicyclic) bond motifs is 1. The monoisotopic (exact) mass is 343 g/mol. The second-order valence-electron chi connectivity index (χ2n) is 5.82. The Kier molecular flexibility index (Phi) is 5.00. The molecule has 0 aliphatic carbocycles. The van der Waals surface area contributed by atoms with Crippen LogP contribution < -0.4 is 14.8 Å². The van der Waals surface area contributed by atoms with Gasteiger partial charge in [-0.1, -0.05) is 18.2 Å². The van der Waals surface area contributed by atoms with Crippen LogP contribution in [0.1, 0.15) is 18.1 Å². The van der Waals surface area contributed by atoms with Crippen molar-refractivity contribution in [3.05, 3.63) is 47.5 Å². The van der Waals surface area contributed by atoms with Crippen LogP contribution in [0, 0.1) is 13.8 Å². The number of hydrogen-bond donors (Lipinski definition) is 1. The summed E-state index contributed by atoms with van der Waals surface area (Å²) in [5, 5.41) is 2.83. The fourth-order valence-electron chi connectivity index (χ4n) is 2.59. The van der Waals surface area contributed by atoms with E-state index in [0.29, 0.717) is 13.2 Å². The van der Waals surface area contributed by atoms with Crippen LogP contribution in [0.4, 0.5) is 5.69 Å². The third kappa shape index (κ3) is 3.67. The van der Waals surface area contributed by atoms with Gasteiger partial charge in [0.1, 0.15) is 13.2 Å². The van der Waals surface area contributed by atoms with Gasteiger partial charge in [0, 0.05) is 10.6 Å². The molecular formula is C19H21NO3S. The molecule has 0 fully saturated rings. The highest BCUT2D eigenvalue weighted by atomic mass is 32.2. The second kappa shape index (κ2) is 7.18. The molecule has 4 nitrogen and oxygen atoms in total. The Morgan fingerprint density at radius 1 is 1.08 bits per heavy atom. The number of benzene rings is 2. The van der Waals surface area contributed by atoms with E-state index in [4.69, 9.17) is 9.47 Å². The lowest BCUT2D eigenvalue weighted by Crippen LogP contribution is -2.23. The second-order valence-corrected chi connectivity index (χ2v) is 7.24. The van der Waals surface area contributed by atoms with Crippen molar-refractivity contribution in [3.8, 4) is 11.5 Å². The minimum Gasteiger partial charge on any atom is -0.486 e. The number of rotatable bonds is 4. The fraction of sp³-hybridized carbons (Fsp3) is 0.316. The third-order valence-corrected chi connectivity index (χ3v) is 5.02. The highest BCUT2D eigenvalue weighted by Gasteiger charge is 2.18. The van der Waals surface area contributed by atoms with Crippen molar-refractivity contribution < 1.29 is 14.3 Å². The Labute approximate surface area is 146 Å². The van der Waals surface area contributed by atoms with Gasteiger partial charge in [-0.15, -0.1) is 11.8 Å². The van der Waals surface area contributed by atoms with Crippen molar-refractivity contribution in [1.82, 2.24) is 0 Å². The molecule has 0 bridgehead atoms. The van der Waals surface area contributed by atoms with Gasteiger partial charge in [0.25, 0.3) is 0 Å². The molecule has 1 aliphatic rings. The lowest BCUT2D eigenvalue weighted by molar-refractivity contribution is -0.115. The van der Waals surface area contributed by atoms with Crippen molar-refractivity contribution in [1.29, 1.82) is 0 Å². The summed E-state index contributed by atoms with van der Waals surface area (Å²) in [7, 11) is 0. The number of ether oxygens (including phenoxy) is 2. The molecule has 1 unspecified atom stereocenters. The number of carbonyl (C=O) groups is 1. The number of amides is 1. The molecule has 24 heavy (non-hydrogen) atoms. The van der Waals surface area contributed by atoms with Crippen molar-refractivity contribution >= 4 is 23.4 Å². The minimum atomic E-state index is -0.216. The van der Waals surface area contributed by atoms with Crippen LogP contribution in [0.5, 0.6) is 11.5 Å². The summed E-state index contributed by atoms with van der Waals surface area (Å²) in [5.41, 5.74) is 3.04. The van der Waals surface area contributed by atoms with Gasteiger partial charge >= 0.3 is 0 Å². The summed E-state index contributed by atoms with van der Waals surface area (Å²) >= 11 is 1.51. The van der Waals surface area contributed by atoms with Gasteiger partial charge in [0.15, 0.2) is 11.5 Å². The molecule has 3 rings (SSSR count). The molecule has 0 spiro atoms. The summed E-state index contributed by atoms with van der Waals surface area (Å²) in [5.74, 6) is 1.50. The van der Waals surface area contributed by atoms with Crippen LogP contribution in [-0.4, -0.2) is 24.4 Å². The summed E-state index contributed by atoms with van der Waals surface area (Å²) < 4.78 is 11.1. The molecule has 1 aliphatic heterocycles. The fourth-order valence-corrected chi connectivity index (χ4v) is 3.49. The summed E-state index contributed by atoms with van der Waals surface area (Å²) in [6, 6.07) is 11.8. The van der Waals surface area contributed by atoms with Crippen molar-refractivity contribution in [3.63, 3.8) is 0 Å². The number of hydrogen-bond acceptors (Lipinski definition) is 4. The lowest BCUT2D eigenvalue weighted by Gasteiger charge is -2.19. The van der Waals surface area contributed by atoms with Crippen LogP contribution in [0.25, 0.3) is 0 Å². The quantitative estimate of drug-likeness (QED) is 0.846. The Bertz CT molecular complexity index is 740. The molecule has 126 valence electrons.